The Morgan fingerprint density at radius 1 is 1.07 bits per heavy atom. The number of hydrogen-bond donors (Lipinski definition) is 1. The fraction of sp³-hybridized carbons (Fsp3) is 0.350. The van der Waals surface area contributed by atoms with E-state index in [-0.39, 0.29) is 23.3 Å². The molecule has 1 aliphatic rings. The quantitative estimate of drug-likeness (QED) is 0.837. The van der Waals surface area contributed by atoms with E-state index in [1.54, 1.807) is 25.1 Å². The largest absolute Gasteiger partial charge is 0.348 e. The zero-order chi connectivity index (χ0) is 19.7. The Labute approximate surface area is 157 Å². The predicted molar refractivity (Wildman–Crippen MR) is 97.7 cm³/mol. The second-order valence-electron chi connectivity index (χ2n) is 6.88. The molecule has 0 heterocycles. The second kappa shape index (κ2) is 7.38. The normalized spacial score (nSPS) is 17.4. The summed E-state index contributed by atoms with van der Waals surface area (Å²) in [6.07, 6.45) is 1.68. The van der Waals surface area contributed by atoms with Crippen LogP contribution in [0.15, 0.2) is 53.4 Å². The van der Waals surface area contributed by atoms with Gasteiger partial charge in [-0.1, -0.05) is 37.1 Å². The summed E-state index contributed by atoms with van der Waals surface area (Å²) in [7, 11) is -3.91. The first-order valence-corrected chi connectivity index (χ1v) is 10.3. The summed E-state index contributed by atoms with van der Waals surface area (Å²) in [5, 5.41) is 2.63. The van der Waals surface area contributed by atoms with Crippen LogP contribution in [0.4, 0.5) is 8.78 Å². The molecule has 0 aromatic heterocycles. The van der Waals surface area contributed by atoms with Crippen molar-refractivity contribution >= 4 is 15.7 Å². The fourth-order valence-electron chi connectivity index (χ4n) is 3.65. The Morgan fingerprint density at radius 3 is 2.30 bits per heavy atom. The van der Waals surface area contributed by atoms with Crippen LogP contribution in [0.5, 0.6) is 0 Å². The van der Waals surface area contributed by atoms with Crippen molar-refractivity contribution in [3.05, 3.63) is 65.7 Å². The molecule has 0 radical (unpaired) electrons. The third kappa shape index (κ3) is 3.48. The van der Waals surface area contributed by atoms with Gasteiger partial charge in [0.1, 0.15) is 11.6 Å². The summed E-state index contributed by atoms with van der Waals surface area (Å²) in [5.41, 5.74) is 0.106. The summed E-state index contributed by atoms with van der Waals surface area (Å²) in [6.45, 7) is 1.55. The molecular formula is C20H21F2NO3S. The third-order valence-electron chi connectivity index (χ3n) is 5.17. The van der Waals surface area contributed by atoms with E-state index in [9.17, 15) is 22.0 Å². The van der Waals surface area contributed by atoms with Gasteiger partial charge in [-0.25, -0.2) is 17.2 Å². The van der Waals surface area contributed by atoms with Gasteiger partial charge in [0.15, 0.2) is 14.6 Å². The van der Waals surface area contributed by atoms with E-state index in [1.807, 2.05) is 0 Å². The molecule has 1 aliphatic carbocycles. The summed E-state index contributed by atoms with van der Waals surface area (Å²) in [5.74, 6) is -2.14. The molecule has 27 heavy (non-hydrogen) atoms. The van der Waals surface area contributed by atoms with Crippen LogP contribution in [0.2, 0.25) is 0 Å². The molecule has 2 aromatic carbocycles. The molecule has 0 unspecified atom stereocenters. The molecule has 1 saturated carbocycles. The number of nitrogens with one attached hydrogen (secondary N) is 1. The standard InChI is InChI=1S/C20H21F2NO3S/c1-14(17-10-9-15(21)13-18(17)22)23-19(24)20(11-5-6-12-20)27(25,26)16-7-3-2-4-8-16/h2-4,7-10,13-14H,5-6,11-12H2,1H3,(H,23,24)/t14-/m1/s1. The van der Waals surface area contributed by atoms with Crippen molar-refractivity contribution in [1.82, 2.24) is 5.32 Å². The average molecular weight is 393 g/mol. The lowest BCUT2D eigenvalue weighted by Gasteiger charge is -2.29. The second-order valence-corrected chi connectivity index (χ2v) is 9.14. The van der Waals surface area contributed by atoms with Crippen LogP contribution in [0.3, 0.4) is 0 Å². The maximum absolute atomic E-state index is 14.0. The summed E-state index contributed by atoms with van der Waals surface area (Å²) in [6, 6.07) is 10.2. The van der Waals surface area contributed by atoms with Crippen molar-refractivity contribution < 1.29 is 22.0 Å². The van der Waals surface area contributed by atoms with Crippen LogP contribution in [0.25, 0.3) is 0 Å². The zero-order valence-corrected chi connectivity index (χ0v) is 15.7. The van der Waals surface area contributed by atoms with Crippen LogP contribution in [-0.2, 0) is 14.6 Å². The monoisotopic (exact) mass is 393 g/mol. The van der Waals surface area contributed by atoms with Gasteiger partial charge >= 0.3 is 0 Å². The highest BCUT2D eigenvalue weighted by atomic mass is 32.2. The molecule has 0 spiro atoms. The van der Waals surface area contributed by atoms with Crippen LogP contribution in [-0.4, -0.2) is 19.1 Å². The number of sulfone groups is 1. The van der Waals surface area contributed by atoms with Crippen LogP contribution in [0, 0.1) is 11.6 Å². The molecule has 1 fully saturated rings. The molecule has 7 heteroatoms. The first-order chi connectivity index (χ1) is 12.8. The Kier molecular flexibility index (Phi) is 5.33. The van der Waals surface area contributed by atoms with E-state index < -0.39 is 38.2 Å². The van der Waals surface area contributed by atoms with Gasteiger partial charge in [-0.05, 0) is 38.0 Å². The number of halogens is 2. The van der Waals surface area contributed by atoms with Crippen molar-refractivity contribution in [3.63, 3.8) is 0 Å². The summed E-state index contributed by atoms with van der Waals surface area (Å²) < 4.78 is 52.0. The number of hydrogen-bond acceptors (Lipinski definition) is 3. The number of rotatable bonds is 5. The zero-order valence-electron chi connectivity index (χ0n) is 14.9. The van der Waals surface area contributed by atoms with E-state index in [0.29, 0.717) is 12.8 Å². The molecular weight excluding hydrogens is 372 g/mol. The number of amides is 1. The lowest BCUT2D eigenvalue weighted by atomic mass is 10.0. The van der Waals surface area contributed by atoms with Crippen LogP contribution in [0.1, 0.15) is 44.2 Å². The van der Waals surface area contributed by atoms with Gasteiger partial charge in [-0.3, -0.25) is 4.79 Å². The van der Waals surface area contributed by atoms with Crippen molar-refractivity contribution in [2.45, 2.75) is 48.3 Å². The molecule has 1 N–H and O–H groups in total. The third-order valence-corrected chi connectivity index (χ3v) is 7.68. The highest BCUT2D eigenvalue weighted by Gasteiger charge is 2.53. The smallest absolute Gasteiger partial charge is 0.242 e. The van der Waals surface area contributed by atoms with Gasteiger partial charge in [0.25, 0.3) is 0 Å². The molecule has 0 aliphatic heterocycles. The summed E-state index contributed by atoms with van der Waals surface area (Å²) in [4.78, 5) is 13.2. The minimum Gasteiger partial charge on any atom is -0.348 e. The molecule has 3 rings (SSSR count). The minimum absolute atomic E-state index is 0.0997. The molecule has 1 atom stereocenters. The Hall–Kier alpha value is -2.28. The Bertz CT molecular complexity index is 939. The highest BCUT2D eigenvalue weighted by Crippen LogP contribution is 2.41. The van der Waals surface area contributed by atoms with Gasteiger partial charge in [-0.15, -0.1) is 0 Å². The molecule has 144 valence electrons. The average Bonchev–Trinajstić information content (AvgIpc) is 3.14. The minimum atomic E-state index is -3.91. The molecule has 4 nitrogen and oxygen atoms in total. The van der Waals surface area contributed by atoms with E-state index in [4.69, 9.17) is 0 Å². The Morgan fingerprint density at radius 2 is 1.70 bits per heavy atom. The van der Waals surface area contributed by atoms with E-state index in [1.165, 1.54) is 18.2 Å². The maximum atomic E-state index is 14.0. The first kappa shape index (κ1) is 19.5. The lowest BCUT2D eigenvalue weighted by Crippen LogP contribution is -2.51. The van der Waals surface area contributed by atoms with Crippen molar-refractivity contribution in [3.8, 4) is 0 Å². The number of carbonyl (C=O) groups is 1. The van der Waals surface area contributed by atoms with Crippen molar-refractivity contribution in [1.29, 1.82) is 0 Å². The van der Waals surface area contributed by atoms with Crippen LogP contribution >= 0.6 is 0 Å². The van der Waals surface area contributed by atoms with E-state index in [0.717, 1.165) is 12.1 Å². The van der Waals surface area contributed by atoms with Gasteiger partial charge < -0.3 is 5.32 Å². The van der Waals surface area contributed by atoms with Gasteiger partial charge in [0.05, 0.1) is 10.9 Å². The van der Waals surface area contributed by atoms with Crippen LogP contribution < -0.4 is 5.32 Å². The molecule has 2 aromatic rings. The number of benzene rings is 2. The van der Waals surface area contributed by atoms with Gasteiger partial charge in [0.2, 0.25) is 5.91 Å². The van der Waals surface area contributed by atoms with Crippen molar-refractivity contribution in [2.24, 2.45) is 0 Å². The fourth-order valence-corrected chi connectivity index (χ4v) is 5.74. The van der Waals surface area contributed by atoms with Gasteiger partial charge in [0, 0.05) is 11.6 Å². The van der Waals surface area contributed by atoms with E-state index >= 15 is 0 Å². The SMILES string of the molecule is C[C@@H](NC(=O)C1(S(=O)(=O)c2ccccc2)CCCC1)c1ccc(F)cc1F. The van der Waals surface area contributed by atoms with Crippen molar-refractivity contribution in [2.75, 3.05) is 0 Å². The molecule has 0 saturated heterocycles. The van der Waals surface area contributed by atoms with E-state index in [2.05, 4.69) is 5.32 Å². The Balaban J connectivity index is 1.92. The topological polar surface area (TPSA) is 63.2 Å². The molecule has 1 amide bonds. The molecule has 0 bridgehead atoms. The van der Waals surface area contributed by atoms with Gasteiger partial charge in [-0.2, -0.15) is 0 Å². The first-order valence-electron chi connectivity index (χ1n) is 8.83. The maximum Gasteiger partial charge on any atom is 0.242 e. The summed E-state index contributed by atoms with van der Waals surface area (Å²) >= 11 is 0. The lowest BCUT2D eigenvalue weighted by molar-refractivity contribution is -0.124. The predicted octanol–water partition coefficient (Wildman–Crippen LogP) is 3.93. The highest BCUT2D eigenvalue weighted by molar-refractivity contribution is 7.93. The number of carbonyl (C=O) groups excluding carboxylic acids is 1.